The molecule has 1 aromatic heterocycles. The molecule has 2 saturated heterocycles. The molecular weight excluding hydrogens is 356 g/mol. The summed E-state index contributed by atoms with van der Waals surface area (Å²) in [6, 6.07) is 8.03. The summed E-state index contributed by atoms with van der Waals surface area (Å²) >= 11 is 0. The van der Waals surface area contributed by atoms with Crippen LogP contribution in [0.15, 0.2) is 36.7 Å². The van der Waals surface area contributed by atoms with Gasteiger partial charge in [0, 0.05) is 32.1 Å². The Morgan fingerprint density at radius 2 is 2.07 bits per heavy atom. The van der Waals surface area contributed by atoms with Crippen LogP contribution in [0.5, 0.6) is 5.75 Å². The van der Waals surface area contributed by atoms with Crippen molar-refractivity contribution in [2.24, 2.45) is 5.41 Å². The predicted octanol–water partition coefficient (Wildman–Crippen LogP) is 1.69. The van der Waals surface area contributed by atoms with Crippen molar-refractivity contribution in [1.82, 2.24) is 14.9 Å². The standard InChI is InChI=1S/C21H24N4O3/c26-13-21-12-25(11-16(21)15-5-1-2-6-18(15)28-14-21)19-10-22-9-17(23-19)20(27)24-7-3-4-8-24/h1-2,5-6,9-10,16,26H,3-4,7-8,11-14H2/t16-,21-/m1/s1. The number of hydrogen-bond donors (Lipinski definition) is 1. The normalized spacial score (nSPS) is 26.0. The first-order chi connectivity index (χ1) is 13.7. The highest BCUT2D eigenvalue weighted by atomic mass is 16.5. The van der Waals surface area contributed by atoms with Gasteiger partial charge in [0.05, 0.1) is 31.0 Å². The van der Waals surface area contributed by atoms with E-state index in [2.05, 4.69) is 20.9 Å². The molecule has 2 aromatic rings. The van der Waals surface area contributed by atoms with E-state index >= 15 is 0 Å². The van der Waals surface area contributed by atoms with Crippen molar-refractivity contribution in [2.45, 2.75) is 18.8 Å². The summed E-state index contributed by atoms with van der Waals surface area (Å²) in [4.78, 5) is 25.6. The van der Waals surface area contributed by atoms with E-state index in [-0.39, 0.29) is 23.8 Å². The van der Waals surface area contributed by atoms with Crippen LogP contribution in [0.4, 0.5) is 5.82 Å². The van der Waals surface area contributed by atoms with Gasteiger partial charge >= 0.3 is 0 Å². The maximum absolute atomic E-state index is 12.7. The fraction of sp³-hybridized carbons (Fsp3) is 0.476. The highest BCUT2D eigenvalue weighted by Crippen LogP contribution is 2.49. The molecule has 2 atom stereocenters. The summed E-state index contributed by atoms with van der Waals surface area (Å²) in [6.45, 7) is 3.44. The number of hydrogen-bond acceptors (Lipinski definition) is 6. The van der Waals surface area contributed by atoms with Gasteiger partial charge in [-0.15, -0.1) is 0 Å². The van der Waals surface area contributed by atoms with Gasteiger partial charge in [0.25, 0.3) is 5.91 Å². The Balaban J connectivity index is 1.44. The lowest BCUT2D eigenvalue weighted by Crippen LogP contribution is -2.42. The molecule has 0 radical (unpaired) electrons. The Kier molecular flexibility index (Phi) is 4.19. The van der Waals surface area contributed by atoms with E-state index < -0.39 is 0 Å². The van der Waals surface area contributed by atoms with Gasteiger partial charge in [-0.3, -0.25) is 9.78 Å². The van der Waals surface area contributed by atoms with Crippen molar-refractivity contribution in [3.63, 3.8) is 0 Å². The van der Waals surface area contributed by atoms with Gasteiger partial charge in [-0.1, -0.05) is 18.2 Å². The van der Waals surface area contributed by atoms with Crippen molar-refractivity contribution in [3.8, 4) is 5.75 Å². The van der Waals surface area contributed by atoms with Crippen LogP contribution < -0.4 is 9.64 Å². The Bertz CT molecular complexity index is 899. The fourth-order valence-electron chi connectivity index (χ4n) is 4.74. The maximum Gasteiger partial charge on any atom is 0.274 e. The summed E-state index contributed by atoms with van der Waals surface area (Å²) in [5.41, 5.74) is 1.15. The minimum atomic E-state index is -0.370. The Hall–Kier alpha value is -2.67. The second-order valence-electron chi connectivity index (χ2n) is 8.04. The number of anilines is 1. The highest BCUT2D eigenvalue weighted by molar-refractivity contribution is 5.92. The van der Waals surface area contributed by atoms with Crippen LogP contribution in [-0.2, 0) is 0 Å². The van der Waals surface area contributed by atoms with Crippen molar-refractivity contribution < 1.29 is 14.6 Å². The lowest BCUT2D eigenvalue weighted by atomic mass is 9.74. The number of para-hydroxylation sites is 1. The zero-order valence-electron chi connectivity index (χ0n) is 15.8. The fourth-order valence-corrected chi connectivity index (χ4v) is 4.74. The molecule has 3 aliphatic rings. The molecule has 0 unspecified atom stereocenters. The molecule has 7 nitrogen and oxygen atoms in total. The van der Waals surface area contributed by atoms with Crippen LogP contribution in [0.2, 0.25) is 0 Å². The molecule has 0 aliphatic carbocycles. The summed E-state index contributed by atoms with van der Waals surface area (Å²) in [7, 11) is 0. The largest absolute Gasteiger partial charge is 0.493 e. The van der Waals surface area contributed by atoms with Crippen molar-refractivity contribution in [2.75, 3.05) is 44.3 Å². The molecule has 0 saturated carbocycles. The summed E-state index contributed by atoms with van der Waals surface area (Å²) in [5.74, 6) is 1.68. The smallest absolute Gasteiger partial charge is 0.274 e. The first kappa shape index (κ1) is 17.4. The van der Waals surface area contributed by atoms with Crippen molar-refractivity contribution in [3.05, 3.63) is 47.9 Å². The van der Waals surface area contributed by atoms with Gasteiger partial charge in [0.2, 0.25) is 0 Å². The van der Waals surface area contributed by atoms with Crippen molar-refractivity contribution >= 4 is 11.7 Å². The Labute approximate surface area is 164 Å². The molecule has 1 aromatic carbocycles. The summed E-state index contributed by atoms with van der Waals surface area (Å²) in [5, 5.41) is 10.2. The minimum absolute atomic E-state index is 0.0440. The third kappa shape index (κ3) is 2.73. The van der Waals surface area contributed by atoms with Crippen LogP contribution in [0.3, 0.4) is 0 Å². The predicted molar refractivity (Wildman–Crippen MR) is 104 cm³/mol. The quantitative estimate of drug-likeness (QED) is 0.873. The Morgan fingerprint density at radius 3 is 2.89 bits per heavy atom. The van der Waals surface area contributed by atoms with Crippen LogP contribution in [-0.4, -0.2) is 65.3 Å². The number of carbonyl (C=O) groups excluding carboxylic acids is 1. The lowest BCUT2D eigenvalue weighted by Gasteiger charge is -2.37. The molecular formula is C21H24N4O3. The molecule has 7 heteroatoms. The second kappa shape index (κ2) is 6.74. The number of aromatic nitrogens is 2. The molecule has 1 N–H and O–H groups in total. The molecule has 5 rings (SSSR count). The zero-order chi connectivity index (χ0) is 19.1. The van der Waals surface area contributed by atoms with Gasteiger partial charge in [-0.2, -0.15) is 0 Å². The third-order valence-corrected chi connectivity index (χ3v) is 6.33. The van der Waals surface area contributed by atoms with Crippen molar-refractivity contribution in [1.29, 1.82) is 0 Å². The second-order valence-corrected chi connectivity index (χ2v) is 8.04. The van der Waals surface area contributed by atoms with Crippen LogP contribution >= 0.6 is 0 Å². The molecule has 4 heterocycles. The SMILES string of the molecule is O=C(c1cncc(N2C[C@@H]3c4ccccc4OC[C@]3(CO)C2)n1)N1CCCC1. The molecule has 0 spiro atoms. The first-order valence-electron chi connectivity index (χ1n) is 9.89. The number of likely N-dealkylation sites (tertiary alicyclic amines) is 1. The number of aliphatic hydroxyl groups is 1. The van der Waals surface area contributed by atoms with Gasteiger partial charge in [-0.05, 0) is 24.5 Å². The van der Waals surface area contributed by atoms with E-state index in [0.29, 0.717) is 24.7 Å². The topological polar surface area (TPSA) is 78.8 Å². The number of nitrogens with zero attached hydrogens (tertiary/aromatic N) is 4. The molecule has 0 bridgehead atoms. The molecule has 3 aliphatic heterocycles. The van der Waals surface area contributed by atoms with Gasteiger partial charge in [0.15, 0.2) is 0 Å². The number of fused-ring (bicyclic) bond motifs is 3. The monoisotopic (exact) mass is 380 g/mol. The first-order valence-corrected chi connectivity index (χ1v) is 9.89. The van der Waals surface area contributed by atoms with E-state index in [1.165, 1.54) is 0 Å². The number of carbonyl (C=O) groups is 1. The van der Waals surface area contributed by atoms with Gasteiger partial charge in [-0.25, -0.2) is 4.98 Å². The molecule has 146 valence electrons. The average Bonchev–Trinajstić information content (AvgIpc) is 3.42. The molecule has 1 amide bonds. The minimum Gasteiger partial charge on any atom is -0.493 e. The maximum atomic E-state index is 12.7. The van der Waals surface area contributed by atoms with E-state index in [4.69, 9.17) is 4.74 Å². The number of benzene rings is 1. The van der Waals surface area contributed by atoms with Crippen LogP contribution in [0.1, 0.15) is 34.8 Å². The average molecular weight is 380 g/mol. The van der Waals surface area contributed by atoms with Crippen LogP contribution in [0, 0.1) is 5.41 Å². The number of amides is 1. The number of ether oxygens (including phenoxy) is 1. The van der Waals surface area contributed by atoms with Gasteiger partial charge in [0.1, 0.15) is 17.3 Å². The van der Waals surface area contributed by atoms with Crippen LogP contribution in [0.25, 0.3) is 0 Å². The molecule has 28 heavy (non-hydrogen) atoms. The number of aliphatic hydroxyl groups excluding tert-OH is 1. The van der Waals surface area contributed by atoms with Gasteiger partial charge < -0.3 is 19.6 Å². The molecule has 2 fully saturated rings. The summed E-state index contributed by atoms with van der Waals surface area (Å²) in [6.07, 6.45) is 5.35. The summed E-state index contributed by atoms with van der Waals surface area (Å²) < 4.78 is 5.96. The van der Waals surface area contributed by atoms with E-state index in [0.717, 1.165) is 43.8 Å². The zero-order valence-corrected chi connectivity index (χ0v) is 15.8. The Morgan fingerprint density at radius 1 is 1.25 bits per heavy atom. The highest BCUT2D eigenvalue weighted by Gasteiger charge is 2.51. The van der Waals surface area contributed by atoms with E-state index in [9.17, 15) is 9.90 Å². The lowest BCUT2D eigenvalue weighted by molar-refractivity contribution is 0.0535. The van der Waals surface area contributed by atoms with E-state index in [1.54, 1.807) is 12.4 Å². The van der Waals surface area contributed by atoms with E-state index in [1.807, 2.05) is 23.1 Å². The number of rotatable bonds is 3. The third-order valence-electron chi connectivity index (χ3n) is 6.33.